The molecule has 2 N–H and O–H groups in total. The van der Waals surface area contributed by atoms with Crippen molar-refractivity contribution in [1.82, 2.24) is 0 Å². The summed E-state index contributed by atoms with van der Waals surface area (Å²) in [5, 5.41) is 2.91. The molecule has 0 bridgehead atoms. The van der Waals surface area contributed by atoms with Gasteiger partial charge in [-0.15, -0.1) is 0 Å². The van der Waals surface area contributed by atoms with Crippen molar-refractivity contribution in [3.63, 3.8) is 0 Å². The van der Waals surface area contributed by atoms with Crippen LogP contribution in [-0.4, -0.2) is 28.0 Å². The minimum atomic E-state index is -3.78. The summed E-state index contributed by atoms with van der Waals surface area (Å²) in [6, 6.07) is 17.0. The van der Waals surface area contributed by atoms with Crippen molar-refractivity contribution < 1.29 is 22.7 Å². The van der Waals surface area contributed by atoms with Crippen LogP contribution in [0, 0.1) is 13.8 Å². The van der Waals surface area contributed by atoms with Crippen molar-refractivity contribution in [2.45, 2.75) is 32.1 Å². The van der Waals surface area contributed by atoms with Crippen LogP contribution in [0.4, 0.5) is 11.4 Å². The van der Waals surface area contributed by atoms with Gasteiger partial charge in [0.2, 0.25) is 0 Å². The molecule has 0 aromatic heterocycles. The van der Waals surface area contributed by atoms with Crippen molar-refractivity contribution in [3.8, 4) is 11.5 Å². The molecule has 0 saturated heterocycles. The molecule has 0 fully saturated rings. The van der Waals surface area contributed by atoms with Crippen LogP contribution in [-0.2, 0) is 21.2 Å². The van der Waals surface area contributed by atoms with Crippen LogP contribution >= 0.6 is 0 Å². The number of hydrogen-bond donors (Lipinski definition) is 2. The molecule has 33 heavy (non-hydrogen) atoms. The van der Waals surface area contributed by atoms with Gasteiger partial charge in [-0.3, -0.25) is 9.52 Å². The van der Waals surface area contributed by atoms with E-state index in [1.54, 1.807) is 44.4 Å². The molecule has 0 aliphatic carbocycles. The van der Waals surface area contributed by atoms with E-state index in [0.29, 0.717) is 22.7 Å². The Kier molecular flexibility index (Phi) is 7.60. The first-order valence-electron chi connectivity index (χ1n) is 10.5. The molecule has 0 heterocycles. The van der Waals surface area contributed by atoms with Crippen molar-refractivity contribution in [3.05, 3.63) is 77.4 Å². The summed E-state index contributed by atoms with van der Waals surface area (Å²) in [5.74, 6) is 0.790. The molecule has 0 saturated carbocycles. The van der Waals surface area contributed by atoms with Gasteiger partial charge in [0.1, 0.15) is 11.5 Å². The predicted octanol–water partition coefficient (Wildman–Crippen LogP) is 4.69. The first kappa shape index (κ1) is 24.1. The van der Waals surface area contributed by atoms with E-state index in [0.717, 1.165) is 23.2 Å². The van der Waals surface area contributed by atoms with Crippen LogP contribution in [0.2, 0.25) is 0 Å². The van der Waals surface area contributed by atoms with E-state index in [9.17, 15) is 13.2 Å². The van der Waals surface area contributed by atoms with E-state index in [4.69, 9.17) is 9.47 Å². The Balaban J connectivity index is 1.66. The first-order valence-corrected chi connectivity index (χ1v) is 12.0. The van der Waals surface area contributed by atoms with Crippen LogP contribution in [0.15, 0.2) is 65.6 Å². The maximum atomic E-state index is 12.7. The molecule has 0 aliphatic heterocycles. The fourth-order valence-corrected chi connectivity index (χ4v) is 4.49. The maximum Gasteiger partial charge on any atom is 0.262 e. The van der Waals surface area contributed by atoms with Gasteiger partial charge in [-0.1, -0.05) is 25.1 Å². The standard InChI is InChI=1S/C25H28N2O5S/c1-5-19-8-6-7-17(2)25(19)26-24(28)16-32-23-14-13-22(15-18(23)3)33(29,30)27-20-9-11-21(31-4)12-10-20/h6-15,27H,5,16H2,1-4H3,(H,26,28). The molecule has 1 amide bonds. The molecular weight excluding hydrogens is 440 g/mol. The average Bonchev–Trinajstić information content (AvgIpc) is 2.79. The van der Waals surface area contributed by atoms with Crippen molar-refractivity contribution in [2.75, 3.05) is 23.8 Å². The lowest BCUT2D eigenvalue weighted by Crippen LogP contribution is -2.21. The predicted molar refractivity (Wildman–Crippen MR) is 130 cm³/mol. The quantitative estimate of drug-likeness (QED) is 0.475. The Morgan fingerprint density at radius 1 is 0.970 bits per heavy atom. The summed E-state index contributed by atoms with van der Waals surface area (Å²) in [6.45, 7) is 5.52. The highest BCUT2D eigenvalue weighted by atomic mass is 32.2. The Hall–Kier alpha value is -3.52. The molecule has 0 aliphatic rings. The number of sulfonamides is 1. The Labute approximate surface area is 194 Å². The summed E-state index contributed by atoms with van der Waals surface area (Å²) in [4.78, 5) is 12.5. The number of para-hydroxylation sites is 1. The van der Waals surface area contributed by atoms with Crippen molar-refractivity contribution in [2.24, 2.45) is 0 Å². The highest BCUT2D eigenvalue weighted by Crippen LogP contribution is 2.25. The van der Waals surface area contributed by atoms with Crippen molar-refractivity contribution in [1.29, 1.82) is 0 Å². The normalized spacial score (nSPS) is 11.0. The van der Waals surface area contributed by atoms with Gasteiger partial charge in [-0.05, 0) is 79.4 Å². The van der Waals surface area contributed by atoms with Crippen molar-refractivity contribution >= 4 is 27.3 Å². The lowest BCUT2D eigenvalue weighted by molar-refractivity contribution is -0.118. The molecule has 3 aromatic carbocycles. The number of benzene rings is 3. The number of methoxy groups -OCH3 is 1. The summed E-state index contributed by atoms with van der Waals surface area (Å²) in [6.07, 6.45) is 0.803. The number of anilines is 2. The van der Waals surface area contributed by atoms with E-state index in [-0.39, 0.29) is 17.4 Å². The molecule has 174 valence electrons. The van der Waals surface area contributed by atoms with Gasteiger partial charge in [-0.25, -0.2) is 8.42 Å². The minimum Gasteiger partial charge on any atom is -0.497 e. The zero-order valence-corrected chi connectivity index (χ0v) is 20.0. The molecule has 3 rings (SSSR count). The molecule has 0 unspecified atom stereocenters. The molecule has 3 aromatic rings. The molecule has 0 spiro atoms. The van der Waals surface area contributed by atoms with Crippen LogP contribution in [0.5, 0.6) is 11.5 Å². The number of nitrogens with one attached hydrogen (secondary N) is 2. The topological polar surface area (TPSA) is 93.7 Å². The number of ether oxygens (including phenoxy) is 2. The van der Waals surface area contributed by atoms with E-state index < -0.39 is 10.0 Å². The van der Waals surface area contributed by atoms with E-state index >= 15 is 0 Å². The zero-order valence-electron chi connectivity index (χ0n) is 19.1. The average molecular weight is 469 g/mol. The smallest absolute Gasteiger partial charge is 0.262 e. The fraction of sp³-hybridized carbons (Fsp3) is 0.240. The SMILES string of the molecule is CCc1cccc(C)c1NC(=O)COc1ccc(S(=O)(=O)Nc2ccc(OC)cc2)cc1C. The van der Waals surface area contributed by atoms with Gasteiger partial charge in [0.05, 0.1) is 12.0 Å². The lowest BCUT2D eigenvalue weighted by atomic mass is 10.1. The second-order valence-corrected chi connectivity index (χ2v) is 9.24. The van der Waals surface area contributed by atoms with Gasteiger partial charge in [0, 0.05) is 11.4 Å². The molecule has 0 atom stereocenters. The van der Waals surface area contributed by atoms with Gasteiger partial charge in [0.25, 0.3) is 15.9 Å². The van der Waals surface area contributed by atoms with E-state index in [1.807, 2.05) is 32.0 Å². The number of carbonyl (C=O) groups is 1. The van der Waals surface area contributed by atoms with E-state index in [2.05, 4.69) is 10.0 Å². The third-order valence-electron chi connectivity index (χ3n) is 5.16. The second kappa shape index (κ2) is 10.4. The number of aryl methyl sites for hydroxylation is 3. The fourth-order valence-electron chi connectivity index (χ4n) is 3.34. The largest absolute Gasteiger partial charge is 0.497 e. The minimum absolute atomic E-state index is 0.0973. The summed E-state index contributed by atoms with van der Waals surface area (Å²) in [5.41, 5.74) is 3.87. The Bertz CT molecular complexity index is 1240. The Morgan fingerprint density at radius 3 is 2.33 bits per heavy atom. The van der Waals surface area contributed by atoms with Gasteiger partial charge >= 0.3 is 0 Å². The number of carbonyl (C=O) groups excluding carboxylic acids is 1. The molecule has 8 heteroatoms. The van der Waals surface area contributed by atoms with Gasteiger partial charge < -0.3 is 14.8 Å². The molecule has 0 radical (unpaired) electrons. The molecule has 7 nitrogen and oxygen atoms in total. The van der Waals surface area contributed by atoms with Crippen LogP contribution in [0.25, 0.3) is 0 Å². The highest BCUT2D eigenvalue weighted by molar-refractivity contribution is 7.92. The van der Waals surface area contributed by atoms with Crippen LogP contribution in [0.3, 0.4) is 0 Å². The molecular formula is C25H28N2O5S. The van der Waals surface area contributed by atoms with Crippen LogP contribution in [0.1, 0.15) is 23.6 Å². The third kappa shape index (κ3) is 6.04. The van der Waals surface area contributed by atoms with Crippen LogP contribution < -0.4 is 19.5 Å². The van der Waals surface area contributed by atoms with Gasteiger partial charge in [0.15, 0.2) is 6.61 Å². The number of rotatable bonds is 9. The first-order chi connectivity index (χ1) is 15.7. The summed E-state index contributed by atoms with van der Waals surface area (Å²) in [7, 11) is -2.24. The van der Waals surface area contributed by atoms with E-state index in [1.165, 1.54) is 12.1 Å². The maximum absolute atomic E-state index is 12.7. The highest BCUT2D eigenvalue weighted by Gasteiger charge is 2.17. The Morgan fingerprint density at radius 2 is 1.70 bits per heavy atom. The number of hydrogen-bond acceptors (Lipinski definition) is 5. The monoisotopic (exact) mass is 468 g/mol. The summed E-state index contributed by atoms with van der Waals surface area (Å²) >= 11 is 0. The van der Waals surface area contributed by atoms with Gasteiger partial charge in [-0.2, -0.15) is 0 Å². The third-order valence-corrected chi connectivity index (χ3v) is 6.54. The summed E-state index contributed by atoms with van der Waals surface area (Å²) < 4.78 is 38.7. The number of amides is 1. The lowest BCUT2D eigenvalue weighted by Gasteiger charge is -2.15. The second-order valence-electron chi connectivity index (χ2n) is 7.56. The zero-order chi connectivity index (χ0) is 24.0.